The average Bonchev–Trinajstić information content (AvgIpc) is 3.18. The molecule has 1 aliphatic carbocycles. The highest BCUT2D eigenvalue weighted by Gasteiger charge is 2.32. The Morgan fingerprint density at radius 2 is 1.96 bits per heavy atom. The zero-order chi connectivity index (χ0) is 18.7. The molecule has 1 saturated carbocycles. The van der Waals surface area contributed by atoms with E-state index in [2.05, 4.69) is 0 Å². The molecule has 0 radical (unpaired) electrons. The number of rotatable bonds is 5. The molecule has 1 amide bonds. The molecule has 0 saturated heterocycles. The number of nitrogens with zero attached hydrogens (tertiary/aromatic N) is 1. The van der Waals surface area contributed by atoms with Gasteiger partial charge in [0.05, 0.1) is 13.0 Å². The monoisotopic (exact) mass is 357 g/mol. The first-order valence-corrected chi connectivity index (χ1v) is 8.93. The van der Waals surface area contributed by atoms with Gasteiger partial charge >= 0.3 is 11.6 Å². The lowest BCUT2D eigenvalue weighted by Crippen LogP contribution is -2.44. The summed E-state index contributed by atoms with van der Waals surface area (Å²) in [4.78, 5) is 39.0. The molecule has 1 aromatic heterocycles. The summed E-state index contributed by atoms with van der Waals surface area (Å²) < 4.78 is 10.1. The summed E-state index contributed by atoms with van der Waals surface area (Å²) in [6.45, 7) is 1.95. The Bertz CT molecular complexity index is 866. The number of esters is 1. The van der Waals surface area contributed by atoms with Crippen LogP contribution in [0.15, 0.2) is 39.5 Å². The molecule has 1 atom stereocenters. The summed E-state index contributed by atoms with van der Waals surface area (Å²) in [5.41, 5.74) is -0.195. The van der Waals surface area contributed by atoms with E-state index in [1.807, 2.05) is 6.07 Å². The van der Waals surface area contributed by atoms with Crippen LogP contribution < -0.4 is 5.63 Å². The van der Waals surface area contributed by atoms with Gasteiger partial charge in [0.15, 0.2) is 0 Å². The Kier molecular flexibility index (Phi) is 5.40. The fourth-order valence-electron chi connectivity index (χ4n) is 3.55. The third-order valence-corrected chi connectivity index (χ3v) is 4.97. The molecule has 6 heteroatoms. The van der Waals surface area contributed by atoms with Crippen molar-refractivity contribution in [2.24, 2.45) is 5.92 Å². The van der Waals surface area contributed by atoms with Crippen molar-refractivity contribution in [1.82, 2.24) is 4.90 Å². The van der Waals surface area contributed by atoms with Crippen molar-refractivity contribution in [3.8, 4) is 0 Å². The van der Waals surface area contributed by atoms with Crippen LogP contribution in [0.2, 0.25) is 0 Å². The van der Waals surface area contributed by atoms with Crippen LogP contribution in [-0.2, 0) is 9.53 Å². The Morgan fingerprint density at radius 1 is 1.27 bits per heavy atom. The Labute approximate surface area is 151 Å². The van der Waals surface area contributed by atoms with E-state index in [-0.39, 0.29) is 30.0 Å². The second-order valence-electron chi connectivity index (χ2n) is 6.81. The summed E-state index contributed by atoms with van der Waals surface area (Å²) in [5.74, 6) is -1.21. The van der Waals surface area contributed by atoms with E-state index < -0.39 is 11.5 Å². The second kappa shape index (κ2) is 7.72. The number of hydrogen-bond donors (Lipinski definition) is 0. The first kappa shape index (κ1) is 18.2. The van der Waals surface area contributed by atoms with Crippen LogP contribution >= 0.6 is 0 Å². The first-order chi connectivity index (χ1) is 12.5. The smallest absolute Gasteiger partial charge is 0.349 e. The molecular weight excluding hydrogens is 334 g/mol. The van der Waals surface area contributed by atoms with Gasteiger partial charge in [-0.2, -0.15) is 0 Å². The van der Waals surface area contributed by atoms with Gasteiger partial charge in [-0.3, -0.25) is 9.59 Å². The van der Waals surface area contributed by atoms with Crippen molar-refractivity contribution in [2.45, 2.75) is 38.6 Å². The maximum Gasteiger partial charge on any atom is 0.349 e. The van der Waals surface area contributed by atoms with E-state index in [0.29, 0.717) is 11.0 Å². The van der Waals surface area contributed by atoms with Crippen LogP contribution in [0.3, 0.4) is 0 Å². The van der Waals surface area contributed by atoms with Crippen LogP contribution in [0.1, 0.15) is 43.0 Å². The minimum Gasteiger partial charge on any atom is -0.469 e. The number of amides is 1. The molecule has 26 heavy (non-hydrogen) atoms. The predicted octanol–water partition coefficient (Wildman–Crippen LogP) is 2.99. The van der Waals surface area contributed by atoms with E-state index >= 15 is 0 Å². The normalized spacial score (nSPS) is 15.8. The predicted molar refractivity (Wildman–Crippen MR) is 97.0 cm³/mol. The minimum absolute atomic E-state index is 0.00710. The topological polar surface area (TPSA) is 76.8 Å². The van der Waals surface area contributed by atoms with Gasteiger partial charge in [-0.05, 0) is 25.0 Å². The number of hydrogen-bond acceptors (Lipinski definition) is 5. The molecule has 6 nitrogen and oxygen atoms in total. The molecule has 3 rings (SSSR count). The van der Waals surface area contributed by atoms with Crippen LogP contribution in [0.4, 0.5) is 0 Å². The van der Waals surface area contributed by atoms with E-state index in [0.717, 1.165) is 25.7 Å². The van der Waals surface area contributed by atoms with Crippen molar-refractivity contribution >= 4 is 22.8 Å². The fraction of sp³-hybridized carbons (Fsp3) is 0.450. The number of methoxy groups -OCH3 is 1. The standard InChI is InChI=1S/C20H23NO5/c1-13(19(23)25-2)12-21(15-8-4-5-9-15)18(22)16-11-14-7-3-6-10-17(14)26-20(16)24/h3,6-7,10-11,13,15H,4-5,8-9,12H2,1-2H3. The van der Waals surface area contributed by atoms with Gasteiger partial charge in [-0.15, -0.1) is 0 Å². The number of benzene rings is 1. The van der Waals surface area contributed by atoms with E-state index in [1.54, 1.807) is 36.1 Å². The number of carbonyl (C=O) groups excluding carboxylic acids is 2. The minimum atomic E-state index is -0.651. The first-order valence-electron chi connectivity index (χ1n) is 8.93. The summed E-state index contributed by atoms with van der Waals surface area (Å²) in [6.07, 6.45) is 3.82. The summed E-state index contributed by atoms with van der Waals surface area (Å²) >= 11 is 0. The molecule has 138 valence electrons. The average molecular weight is 357 g/mol. The third-order valence-electron chi connectivity index (χ3n) is 4.97. The molecule has 1 aromatic carbocycles. The van der Waals surface area contributed by atoms with Crippen LogP contribution in [-0.4, -0.2) is 36.5 Å². The molecule has 0 spiro atoms. The lowest BCUT2D eigenvalue weighted by Gasteiger charge is -2.30. The Morgan fingerprint density at radius 3 is 2.65 bits per heavy atom. The van der Waals surface area contributed by atoms with Crippen LogP contribution in [0, 0.1) is 5.92 Å². The highest BCUT2D eigenvalue weighted by molar-refractivity contribution is 5.97. The zero-order valence-electron chi connectivity index (χ0n) is 15.1. The maximum absolute atomic E-state index is 13.2. The highest BCUT2D eigenvalue weighted by Crippen LogP contribution is 2.26. The lowest BCUT2D eigenvalue weighted by atomic mass is 10.1. The number of ether oxygens (including phenoxy) is 1. The van der Waals surface area contributed by atoms with Gasteiger partial charge in [0.25, 0.3) is 5.91 Å². The molecule has 0 aliphatic heterocycles. The van der Waals surface area contributed by atoms with Gasteiger partial charge in [-0.1, -0.05) is 38.0 Å². The summed E-state index contributed by atoms with van der Waals surface area (Å²) in [6, 6.07) is 8.69. The highest BCUT2D eigenvalue weighted by atomic mass is 16.5. The van der Waals surface area contributed by atoms with Gasteiger partial charge in [-0.25, -0.2) is 4.79 Å². The molecule has 1 heterocycles. The van der Waals surface area contributed by atoms with Crippen molar-refractivity contribution in [1.29, 1.82) is 0 Å². The summed E-state index contributed by atoms with van der Waals surface area (Å²) in [7, 11) is 1.33. The van der Waals surface area contributed by atoms with E-state index in [1.165, 1.54) is 7.11 Å². The van der Waals surface area contributed by atoms with Crippen LogP contribution in [0.25, 0.3) is 11.0 Å². The number of fused-ring (bicyclic) bond motifs is 1. The fourth-order valence-corrected chi connectivity index (χ4v) is 3.55. The van der Waals surface area contributed by atoms with Gasteiger partial charge in [0, 0.05) is 18.0 Å². The van der Waals surface area contributed by atoms with Gasteiger partial charge in [0.1, 0.15) is 11.1 Å². The zero-order valence-corrected chi connectivity index (χ0v) is 15.1. The maximum atomic E-state index is 13.2. The van der Waals surface area contributed by atoms with Crippen LogP contribution in [0.5, 0.6) is 0 Å². The van der Waals surface area contributed by atoms with Crippen molar-refractivity contribution in [2.75, 3.05) is 13.7 Å². The summed E-state index contributed by atoms with van der Waals surface area (Å²) in [5, 5.41) is 0.697. The van der Waals surface area contributed by atoms with Crippen molar-refractivity contribution < 1.29 is 18.7 Å². The quantitative estimate of drug-likeness (QED) is 0.607. The van der Waals surface area contributed by atoms with Crippen molar-refractivity contribution in [3.63, 3.8) is 0 Å². The van der Waals surface area contributed by atoms with Gasteiger partial charge in [0.2, 0.25) is 0 Å². The van der Waals surface area contributed by atoms with E-state index in [4.69, 9.17) is 9.15 Å². The molecule has 1 fully saturated rings. The van der Waals surface area contributed by atoms with Gasteiger partial charge < -0.3 is 14.1 Å². The largest absolute Gasteiger partial charge is 0.469 e. The number of carbonyl (C=O) groups is 2. The number of para-hydroxylation sites is 1. The van der Waals surface area contributed by atoms with E-state index in [9.17, 15) is 14.4 Å². The molecule has 1 unspecified atom stereocenters. The Balaban J connectivity index is 1.95. The molecule has 0 N–H and O–H groups in total. The third kappa shape index (κ3) is 3.64. The lowest BCUT2D eigenvalue weighted by molar-refractivity contribution is -0.145. The molecule has 1 aliphatic rings. The van der Waals surface area contributed by atoms with Crippen molar-refractivity contribution in [3.05, 3.63) is 46.3 Å². The molecule has 2 aromatic rings. The SMILES string of the molecule is COC(=O)C(C)CN(C(=O)c1cc2ccccc2oc1=O)C1CCCC1. The Hall–Kier alpha value is -2.63. The second-order valence-corrected chi connectivity index (χ2v) is 6.81. The molecule has 0 bridgehead atoms. The molecular formula is C20H23NO5.